The van der Waals surface area contributed by atoms with E-state index in [4.69, 9.17) is 10.8 Å². The lowest BCUT2D eigenvalue weighted by Gasteiger charge is -2.11. The maximum absolute atomic E-state index is 8.93. The SMILES string of the molecule is CC(CO)CCCNc1cc(N)nc(C(C)C)n1. The van der Waals surface area contributed by atoms with Gasteiger partial charge in [0.05, 0.1) is 0 Å². The van der Waals surface area contributed by atoms with E-state index in [9.17, 15) is 0 Å². The van der Waals surface area contributed by atoms with Gasteiger partial charge in [0.25, 0.3) is 0 Å². The summed E-state index contributed by atoms with van der Waals surface area (Å²) in [6.07, 6.45) is 2.00. The highest BCUT2D eigenvalue weighted by atomic mass is 16.3. The fourth-order valence-electron chi connectivity index (χ4n) is 1.59. The molecule has 0 saturated heterocycles. The smallest absolute Gasteiger partial charge is 0.135 e. The van der Waals surface area contributed by atoms with Crippen LogP contribution in [0.15, 0.2) is 6.07 Å². The quantitative estimate of drug-likeness (QED) is 0.646. The fourth-order valence-corrected chi connectivity index (χ4v) is 1.59. The van der Waals surface area contributed by atoms with Crippen LogP contribution in [0.3, 0.4) is 0 Å². The first-order chi connectivity index (χ1) is 8.52. The van der Waals surface area contributed by atoms with Gasteiger partial charge >= 0.3 is 0 Å². The molecular weight excluding hydrogens is 228 g/mol. The van der Waals surface area contributed by atoms with Crippen molar-refractivity contribution < 1.29 is 5.11 Å². The maximum Gasteiger partial charge on any atom is 0.135 e. The number of aromatic nitrogens is 2. The van der Waals surface area contributed by atoms with Gasteiger partial charge in [-0.1, -0.05) is 20.8 Å². The summed E-state index contributed by atoms with van der Waals surface area (Å²) in [5.41, 5.74) is 5.75. The molecule has 1 unspecified atom stereocenters. The number of nitrogens with two attached hydrogens (primary N) is 1. The number of nitrogens with one attached hydrogen (secondary N) is 1. The van der Waals surface area contributed by atoms with Crippen molar-refractivity contribution in [3.05, 3.63) is 11.9 Å². The number of nitrogens with zero attached hydrogens (tertiary/aromatic N) is 2. The zero-order valence-electron chi connectivity index (χ0n) is 11.5. The van der Waals surface area contributed by atoms with Crippen LogP contribution >= 0.6 is 0 Å². The normalized spacial score (nSPS) is 12.7. The Kier molecular flexibility index (Phi) is 5.85. The molecular formula is C13H24N4O. The van der Waals surface area contributed by atoms with Crippen LogP contribution in [0.25, 0.3) is 0 Å². The van der Waals surface area contributed by atoms with Gasteiger partial charge in [0.1, 0.15) is 17.5 Å². The van der Waals surface area contributed by atoms with Crippen LogP contribution in [0.1, 0.15) is 45.4 Å². The first kappa shape index (κ1) is 14.7. The van der Waals surface area contributed by atoms with Crippen molar-refractivity contribution in [1.82, 2.24) is 9.97 Å². The van der Waals surface area contributed by atoms with Crippen LogP contribution < -0.4 is 11.1 Å². The summed E-state index contributed by atoms with van der Waals surface area (Å²) in [7, 11) is 0. The Morgan fingerprint density at radius 3 is 2.67 bits per heavy atom. The van der Waals surface area contributed by atoms with Crippen LogP contribution in [0.5, 0.6) is 0 Å². The van der Waals surface area contributed by atoms with E-state index in [0.717, 1.165) is 31.0 Å². The van der Waals surface area contributed by atoms with Crippen molar-refractivity contribution in [2.24, 2.45) is 5.92 Å². The zero-order chi connectivity index (χ0) is 13.5. The molecule has 0 saturated carbocycles. The number of aliphatic hydroxyl groups excluding tert-OH is 1. The minimum absolute atomic E-state index is 0.248. The Morgan fingerprint density at radius 1 is 1.33 bits per heavy atom. The highest BCUT2D eigenvalue weighted by Crippen LogP contribution is 2.15. The Hall–Kier alpha value is -1.36. The average molecular weight is 252 g/mol. The summed E-state index contributed by atoms with van der Waals surface area (Å²) in [5, 5.41) is 12.2. The molecule has 1 aromatic heterocycles. The molecule has 0 aliphatic carbocycles. The molecule has 0 aromatic carbocycles. The van der Waals surface area contributed by atoms with Crippen LogP contribution in [0.4, 0.5) is 11.6 Å². The molecule has 0 aliphatic heterocycles. The predicted molar refractivity (Wildman–Crippen MR) is 74.5 cm³/mol. The molecule has 0 bridgehead atoms. The number of aliphatic hydroxyl groups is 1. The van der Waals surface area contributed by atoms with Crippen LogP contribution in [0.2, 0.25) is 0 Å². The van der Waals surface area contributed by atoms with E-state index < -0.39 is 0 Å². The standard InChI is InChI=1S/C13H24N4O/c1-9(2)13-16-11(14)7-12(17-13)15-6-4-5-10(3)8-18/h7,9-10,18H,4-6,8H2,1-3H3,(H3,14,15,16,17). The number of hydrogen-bond acceptors (Lipinski definition) is 5. The first-order valence-corrected chi connectivity index (χ1v) is 6.52. The van der Waals surface area contributed by atoms with Crippen molar-refractivity contribution in [2.75, 3.05) is 24.2 Å². The third-order valence-electron chi connectivity index (χ3n) is 2.77. The van der Waals surface area contributed by atoms with Gasteiger partial charge in [-0.05, 0) is 18.8 Å². The monoisotopic (exact) mass is 252 g/mol. The van der Waals surface area contributed by atoms with Gasteiger partial charge in [-0.15, -0.1) is 0 Å². The van der Waals surface area contributed by atoms with Gasteiger partial charge in [-0.2, -0.15) is 0 Å². The Balaban J connectivity index is 2.47. The fraction of sp³-hybridized carbons (Fsp3) is 0.692. The van der Waals surface area contributed by atoms with Crippen LogP contribution in [-0.2, 0) is 0 Å². The average Bonchev–Trinajstić information content (AvgIpc) is 2.33. The van der Waals surface area contributed by atoms with Crippen molar-refractivity contribution in [3.8, 4) is 0 Å². The Morgan fingerprint density at radius 2 is 2.06 bits per heavy atom. The zero-order valence-corrected chi connectivity index (χ0v) is 11.5. The molecule has 1 heterocycles. The minimum atomic E-state index is 0.248. The second kappa shape index (κ2) is 7.16. The maximum atomic E-state index is 8.93. The molecule has 4 N–H and O–H groups in total. The second-order valence-corrected chi connectivity index (χ2v) is 5.05. The summed E-state index contributed by atoms with van der Waals surface area (Å²) in [5.74, 6) is 2.67. The summed E-state index contributed by atoms with van der Waals surface area (Å²) in [6.45, 7) is 7.21. The lowest BCUT2D eigenvalue weighted by Crippen LogP contribution is -2.10. The summed E-state index contributed by atoms with van der Waals surface area (Å²) in [4.78, 5) is 8.61. The third-order valence-corrected chi connectivity index (χ3v) is 2.77. The van der Waals surface area contributed by atoms with Gasteiger partial charge < -0.3 is 16.2 Å². The van der Waals surface area contributed by atoms with E-state index in [1.54, 1.807) is 6.07 Å². The van der Waals surface area contributed by atoms with Gasteiger partial charge in [-0.25, -0.2) is 9.97 Å². The van der Waals surface area contributed by atoms with E-state index in [-0.39, 0.29) is 12.5 Å². The van der Waals surface area contributed by atoms with Crippen molar-refractivity contribution in [3.63, 3.8) is 0 Å². The van der Waals surface area contributed by atoms with E-state index >= 15 is 0 Å². The summed E-state index contributed by atoms with van der Waals surface area (Å²) in [6, 6.07) is 1.75. The summed E-state index contributed by atoms with van der Waals surface area (Å²) < 4.78 is 0. The molecule has 1 aromatic rings. The van der Waals surface area contributed by atoms with Crippen LogP contribution in [0, 0.1) is 5.92 Å². The minimum Gasteiger partial charge on any atom is -0.396 e. The summed E-state index contributed by atoms with van der Waals surface area (Å²) >= 11 is 0. The molecule has 1 rings (SSSR count). The van der Waals surface area contributed by atoms with Gasteiger partial charge in [0, 0.05) is 25.1 Å². The molecule has 0 radical (unpaired) electrons. The molecule has 5 heteroatoms. The number of anilines is 2. The molecule has 102 valence electrons. The molecule has 0 aliphatic rings. The molecule has 0 fully saturated rings. The van der Waals surface area contributed by atoms with E-state index in [0.29, 0.717) is 11.7 Å². The topological polar surface area (TPSA) is 84.1 Å². The first-order valence-electron chi connectivity index (χ1n) is 6.52. The largest absolute Gasteiger partial charge is 0.396 e. The van der Waals surface area contributed by atoms with E-state index in [1.807, 2.05) is 20.8 Å². The molecule has 1 atom stereocenters. The van der Waals surface area contributed by atoms with E-state index in [1.165, 1.54) is 0 Å². The lowest BCUT2D eigenvalue weighted by atomic mass is 10.1. The number of nitrogen functional groups attached to an aromatic ring is 1. The second-order valence-electron chi connectivity index (χ2n) is 5.05. The molecule has 18 heavy (non-hydrogen) atoms. The van der Waals surface area contributed by atoms with Crippen molar-refractivity contribution >= 4 is 11.6 Å². The Bertz CT molecular complexity index is 368. The third kappa shape index (κ3) is 4.87. The lowest BCUT2D eigenvalue weighted by molar-refractivity contribution is 0.229. The van der Waals surface area contributed by atoms with Crippen molar-refractivity contribution in [2.45, 2.75) is 39.5 Å². The van der Waals surface area contributed by atoms with Gasteiger partial charge in [0.15, 0.2) is 0 Å². The van der Waals surface area contributed by atoms with Gasteiger partial charge in [-0.3, -0.25) is 0 Å². The van der Waals surface area contributed by atoms with Crippen molar-refractivity contribution in [1.29, 1.82) is 0 Å². The number of hydrogen-bond donors (Lipinski definition) is 3. The Labute approximate surface area is 109 Å². The van der Waals surface area contributed by atoms with E-state index in [2.05, 4.69) is 15.3 Å². The molecule has 5 nitrogen and oxygen atoms in total. The molecule has 0 spiro atoms. The predicted octanol–water partition coefficient (Wildman–Crippen LogP) is 2.00. The highest BCUT2D eigenvalue weighted by Gasteiger charge is 2.06. The van der Waals surface area contributed by atoms with Crippen LogP contribution in [-0.4, -0.2) is 28.2 Å². The number of rotatable bonds is 7. The molecule has 0 amide bonds. The van der Waals surface area contributed by atoms with Gasteiger partial charge in [0.2, 0.25) is 0 Å². The highest BCUT2D eigenvalue weighted by molar-refractivity contribution is 5.44.